The first-order chi connectivity index (χ1) is 21.2. The van der Waals surface area contributed by atoms with Gasteiger partial charge in [0, 0.05) is 31.2 Å². The third-order valence-corrected chi connectivity index (χ3v) is 9.58. The molecule has 1 saturated heterocycles. The molecule has 1 N–H and O–H groups in total. The molecule has 0 bridgehead atoms. The molecule has 2 fully saturated rings. The van der Waals surface area contributed by atoms with E-state index in [9.17, 15) is 8.78 Å². The fraction of sp³-hybridized carbons (Fsp3) is 0.500. The number of ether oxygens (including phenoxy) is 2. The van der Waals surface area contributed by atoms with Crippen LogP contribution in [0.2, 0.25) is 0 Å². The van der Waals surface area contributed by atoms with Crippen LogP contribution in [0.3, 0.4) is 0 Å². The van der Waals surface area contributed by atoms with Gasteiger partial charge in [-0.1, -0.05) is 36.4 Å². The highest BCUT2D eigenvalue weighted by atomic mass is 19.3. The quantitative estimate of drug-likeness (QED) is 0.261. The summed E-state index contributed by atoms with van der Waals surface area (Å²) in [6, 6.07) is 16.6. The van der Waals surface area contributed by atoms with Gasteiger partial charge in [0.05, 0.1) is 18.7 Å². The molecule has 4 nitrogen and oxygen atoms in total. The van der Waals surface area contributed by atoms with Crippen LogP contribution in [0.5, 0.6) is 11.5 Å². The maximum absolute atomic E-state index is 15.9. The van der Waals surface area contributed by atoms with Gasteiger partial charge in [0.15, 0.2) is 0 Å². The van der Waals surface area contributed by atoms with Crippen LogP contribution in [0.1, 0.15) is 80.2 Å². The molecule has 3 aromatic carbocycles. The maximum atomic E-state index is 15.9. The second-order valence-corrected chi connectivity index (χ2v) is 13.1. The Morgan fingerprint density at radius 3 is 2.36 bits per heavy atom. The van der Waals surface area contributed by atoms with E-state index in [0.717, 1.165) is 76.1 Å². The van der Waals surface area contributed by atoms with E-state index in [2.05, 4.69) is 5.32 Å². The lowest BCUT2D eigenvalue weighted by Gasteiger charge is -2.39. The average molecular weight is 611 g/mol. The molecule has 0 amide bonds. The Kier molecular flexibility index (Phi) is 9.20. The van der Waals surface area contributed by atoms with Crippen molar-refractivity contribution >= 4 is 0 Å². The molecule has 2 heterocycles. The highest BCUT2D eigenvalue weighted by Crippen LogP contribution is 2.48. The van der Waals surface area contributed by atoms with Crippen LogP contribution in [0.4, 0.5) is 17.6 Å². The van der Waals surface area contributed by atoms with E-state index in [4.69, 9.17) is 9.47 Å². The Balaban J connectivity index is 1.24. The number of nitrogens with one attached hydrogen (secondary N) is 1. The molecule has 3 aromatic rings. The predicted molar refractivity (Wildman–Crippen MR) is 163 cm³/mol. The van der Waals surface area contributed by atoms with Crippen LogP contribution >= 0.6 is 0 Å². The first-order valence-corrected chi connectivity index (χ1v) is 16.0. The summed E-state index contributed by atoms with van der Waals surface area (Å²) >= 11 is 0. The number of halogens is 4. The van der Waals surface area contributed by atoms with Crippen molar-refractivity contribution in [2.45, 2.75) is 83.0 Å². The second-order valence-electron chi connectivity index (χ2n) is 13.1. The van der Waals surface area contributed by atoms with Crippen LogP contribution in [0, 0.1) is 17.0 Å². The second kappa shape index (κ2) is 13.1. The lowest BCUT2D eigenvalue weighted by Crippen LogP contribution is -2.43. The first-order valence-electron chi connectivity index (χ1n) is 16.0. The number of fused-ring (bicyclic) bond motifs is 1. The molecule has 1 spiro atoms. The van der Waals surface area contributed by atoms with Crippen LogP contribution < -0.4 is 14.8 Å². The molecular weight excluding hydrogens is 568 g/mol. The topological polar surface area (TPSA) is 33.7 Å². The Labute approximate surface area is 257 Å². The van der Waals surface area contributed by atoms with E-state index >= 15 is 8.78 Å². The lowest BCUT2D eigenvalue weighted by molar-refractivity contribution is -0.0245. The van der Waals surface area contributed by atoms with Gasteiger partial charge < -0.3 is 14.8 Å². The Bertz CT molecular complexity index is 1400. The van der Waals surface area contributed by atoms with Gasteiger partial charge in [0.2, 0.25) is 0 Å². The summed E-state index contributed by atoms with van der Waals surface area (Å²) in [6.07, 6.45) is 7.73. The third kappa shape index (κ3) is 7.23. The molecule has 236 valence electrons. The van der Waals surface area contributed by atoms with Crippen LogP contribution in [0.15, 0.2) is 60.7 Å². The highest BCUT2D eigenvalue weighted by Gasteiger charge is 2.41. The van der Waals surface area contributed by atoms with Crippen LogP contribution in [-0.2, 0) is 13.0 Å². The van der Waals surface area contributed by atoms with E-state index in [1.54, 1.807) is 12.1 Å². The Morgan fingerprint density at radius 1 is 0.932 bits per heavy atom. The smallest absolute Gasteiger partial charge is 0.257 e. The van der Waals surface area contributed by atoms with Gasteiger partial charge in [-0.25, -0.2) is 17.6 Å². The minimum Gasteiger partial charge on any atom is -0.490 e. The molecule has 1 aliphatic carbocycles. The van der Waals surface area contributed by atoms with Gasteiger partial charge in [0.25, 0.3) is 5.92 Å². The van der Waals surface area contributed by atoms with Gasteiger partial charge in [0.1, 0.15) is 29.7 Å². The first kappa shape index (κ1) is 30.9. The summed E-state index contributed by atoms with van der Waals surface area (Å²) in [5.41, 5.74) is 2.47. The summed E-state index contributed by atoms with van der Waals surface area (Å²) in [5.74, 6) is -3.81. The Hall–Kier alpha value is -3.10. The minimum atomic E-state index is -3.03. The highest BCUT2D eigenvalue weighted by molar-refractivity contribution is 5.46. The molecular formula is C36H42F4N2O2. The number of hydrogen-bond acceptors (Lipinski definition) is 4. The molecule has 6 rings (SSSR count). The SMILES string of the molecule is CC(F)(F)CN1CCc2cc(OCc3ccccc3)ccc2C1c1c(F)cc(OC2CCC3(CCCNCCC3)C2)cc1F. The molecule has 44 heavy (non-hydrogen) atoms. The lowest BCUT2D eigenvalue weighted by atomic mass is 9.77. The molecule has 2 atom stereocenters. The number of benzene rings is 3. The van der Waals surface area contributed by atoms with Gasteiger partial charge in [-0.2, -0.15) is 0 Å². The number of hydrogen-bond donors (Lipinski definition) is 1. The van der Waals surface area contributed by atoms with E-state index in [-0.39, 0.29) is 29.4 Å². The van der Waals surface area contributed by atoms with Crippen molar-refractivity contribution in [2.75, 3.05) is 26.2 Å². The monoisotopic (exact) mass is 610 g/mol. The van der Waals surface area contributed by atoms with Gasteiger partial charge in [-0.15, -0.1) is 0 Å². The number of nitrogens with zero attached hydrogens (tertiary/aromatic N) is 1. The Morgan fingerprint density at radius 2 is 1.66 bits per heavy atom. The maximum Gasteiger partial charge on any atom is 0.257 e. The summed E-state index contributed by atoms with van der Waals surface area (Å²) in [4.78, 5) is 1.49. The van der Waals surface area contributed by atoms with E-state index in [1.165, 1.54) is 17.0 Å². The summed E-state index contributed by atoms with van der Waals surface area (Å²) in [7, 11) is 0. The van der Waals surface area contributed by atoms with Crippen molar-refractivity contribution in [2.24, 2.45) is 5.41 Å². The molecule has 8 heteroatoms. The zero-order chi connectivity index (χ0) is 30.7. The van der Waals surface area contributed by atoms with Crippen LogP contribution in [-0.4, -0.2) is 43.1 Å². The van der Waals surface area contributed by atoms with E-state index in [1.807, 2.05) is 36.4 Å². The van der Waals surface area contributed by atoms with Crippen molar-refractivity contribution in [3.8, 4) is 11.5 Å². The van der Waals surface area contributed by atoms with Crippen molar-refractivity contribution in [3.63, 3.8) is 0 Å². The molecule has 3 aliphatic rings. The number of alkyl halides is 2. The average Bonchev–Trinajstić information content (AvgIpc) is 3.37. The van der Waals surface area contributed by atoms with Crippen molar-refractivity contribution < 1.29 is 27.0 Å². The fourth-order valence-electron chi connectivity index (χ4n) is 7.57. The minimum absolute atomic E-state index is 0.0907. The summed E-state index contributed by atoms with van der Waals surface area (Å²) < 4.78 is 72.7. The molecule has 0 radical (unpaired) electrons. The normalized spacial score (nSPS) is 22.3. The molecule has 2 unspecified atom stereocenters. The largest absolute Gasteiger partial charge is 0.490 e. The van der Waals surface area contributed by atoms with Crippen LogP contribution in [0.25, 0.3) is 0 Å². The standard InChI is InChI=1S/C36H42F4N2O2/c1-35(39,40)24-42-18-12-26-19-27(43-23-25-7-3-2-4-8-25)9-10-30(26)34(42)33-31(37)20-29(21-32(33)38)44-28-11-15-36(22-28)13-5-16-41-17-6-14-36/h2-4,7-10,19-21,28,34,41H,5-6,11-18,22-24H2,1H3. The van der Waals surface area contributed by atoms with Crippen molar-refractivity contribution in [3.05, 3.63) is 94.6 Å². The predicted octanol–water partition coefficient (Wildman–Crippen LogP) is 8.23. The van der Waals surface area contributed by atoms with E-state index < -0.39 is 30.1 Å². The van der Waals surface area contributed by atoms with Crippen molar-refractivity contribution in [1.82, 2.24) is 10.2 Å². The van der Waals surface area contributed by atoms with Gasteiger partial charge in [-0.05, 0) is 98.7 Å². The van der Waals surface area contributed by atoms with Gasteiger partial charge in [-0.3, -0.25) is 4.90 Å². The third-order valence-electron chi connectivity index (χ3n) is 9.58. The number of rotatable bonds is 8. The van der Waals surface area contributed by atoms with E-state index in [0.29, 0.717) is 24.3 Å². The summed E-state index contributed by atoms with van der Waals surface area (Å²) in [6.45, 7) is 2.89. The molecule has 0 aromatic heterocycles. The van der Waals surface area contributed by atoms with Crippen molar-refractivity contribution in [1.29, 1.82) is 0 Å². The zero-order valence-electron chi connectivity index (χ0n) is 25.4. The summed E-state index contributed by atoms with van der Waals surface area (Å²) in [5, 5.41) is 3.46. The zero-order valence-corrected chi connectivity index (χ0v) is 25.4. The fourth-order valence-corrected chi connectivity index (χ4v) is 7.57. The van der Waals surface area contributed by atoms with Gasteiger partial charge >= 0.3 is 0 Å². The molecule has 2 aliphatic heterocycles. The molecule has 1 saturated carbocycles.